The average Bonchev–Trinajstić information content (AvgIpc) is 3.38. The van der Waals surface area contributed by atoms with Crippen LogP contribution in [0, 0.1) is 46.3 Å². The summed E-state index contributed by atoms with van der Waals surface area (Å²) in [7, 11) is 0. The van der Waals surface area contributed by atoms with Gasteiger partial charge >= 0.3 is 11.4 Å². The summed E-state index contributed by atoms with van der Waals surface area (Å²) in [4.78, 5) is 54.8. The van der Waals surface area contributed by atoms with E-state index in [0.29, 0.717) is 17.5 Å². The van der Waals surface area contributed by atoms with E-state index in [9.17, 15) is 19.2 Å². The molecule has 5 saturated carbocycles. The Balaban J connectivity index is 1.42. The molecule has 2 spiro atoms. The molecule has 3 heterocycles. The molecule has 148 valence electrons. The Morgan fingerprint density at radius 2 is 1.23 bits per heavy atom. The van der Waals surface area contributed by atoms with Crippen molar-refractivity contribution in [1.29, 1.82) is 0 Å². The van der Waals surface area contributed by atoms with Gasteiger partial charge in [-0.3, -0.25) is 9.59 Å². The van der Waals surface area contributed by atoms with E-state index < -0.39 is 34.3 Å². The summed E-state index contributed by atoms with van der Waals surface area (Å²) in [5, 5.41) is 0. The zero-order valence-electron chi connectivity index (χ0n) is 15.8. The van der Waals surface area contributed by atoms with E-state index in [1.54, 1.807) is 24.3 Å². The minimum atomic E-state index is -0.801. The van der Waals surface area contributed by atoms with Gasteiger partial charge in [-0.25, -0.2) is 23.5 Å². The number of carbonyl (C=O) groups excluding carboxylic acids is 2. The minimum Gasteiger partial charge on any atom is -0.299 e. The van der Waals surface area contributed by atoms with Crippen LogP contribution in [0.15, 0.2) is 52.1 Å². The molecule has 5 fully saturated rings. The van der Waals surface area contributed by atoms with Crippen molar-refractivity contribution in [2.24, 2.45) is 46.3 Å². The Bertz CT molecular complexity index is 1340. The molecule has 6 aliphatic carbocycles. The normalized spacial score (nSPS) is 51.1. The standard InChI is InChI=1S/C23H17N3O4/c27-18-14-10-8-11-15(14)19(28)23-13-7-6-12(22(18,23)16(10)17(11)23)25-20(29)24(21(30)26(13)25)9-4-2-1-3-5-9/h1-7,10-17H,8H2. The number of aromatic nitrogens is 3. The maximum Gasteiger partial charge on any atom is 0.352 e. The average molecular weight is 399 g/mol. The van der Waals surface area contributed by atoms with E-state index in [2.05, 4.69) is 0 Å². The quantitative estimate of drug-likeness (QED) is 0.662. The van der Waals surface area contributed by atoms with Crippen molar-refractivity contribution in [3.63, 3.8) is 0 Å². The molecule has 8 aliphatic rings. The molecule has 10 rings (SSSR count). The van der Waals surface area contributed by atoms with Gasteiger partial charge in [0.05, 0.1) is 28.6 Å². The Kier molecular flexibility index (Phi) is 1.92. The lowest BCUT2D eigenvalue weighted by atomic mass is 9.33. The van der Waals surface area contributed by atoms with Crippen LogP contribution in [0.5, 0.6) is 0 Å². The third-order valence-electron chi connectivity index (χ3n) is 10.3. The highest BCUT2D eigenvalue weighted by atomic mass is 16.2. The summed E-state index contributed by atoms with van der Waals surface area (Å²) in [6.45, 7) is 0. The van der Waals surface area contributed by atoms with Crippen molar-refractivity contribution < 1.29 is 9.59 Å². The van der Waals surface area contributed by atoms with Crippen molar-refractivity contribution >= 4 is 11.6 Å². The highest BCUT2D eigenvalue weighted by Gasteiger charge is 3.00. The number of benzene rings is 1. The predicted octanol–water partition coefficient (Wildman–Crippen LogP) is 0.733. The number of hydrogen-bond donors (Lipinski definition) is 0. The summed E-state index contributed by atoms with van der Waals surface area (Å²) in [6, 6.07) is 7.83. The second-order valence-corrected chi connectivity index (χ2v) is 10.3. The van der Waals surface area contributed by atoms with Crippen molar-refractivity contribution in [1.82, 2.24) is 13.9 Å². The van der Waals surface area contributed by atoms with E-state index in [1.165, 1.54) is 13.9 Å². The molecule has 0 saturated heterocycles. The van der Waals surface area contributed by atoms with E-state index in [4.69, 9.17) is 0 Å². The van der Waals surface area contributed by atoms with Crippen LogP contribution < -0.4 is 11.4 Å². The molecule has 7 heteroatoms. The molecular formula is C23H17N3O4. The molecule has 0 N–H and O–H groups in total. The van der Waals surface area contributed by atoms with Crippen molar-refractivity contribution in [3.05, 3.63) is 63.5 Å². The van der Waals surface area contributed by atoms with E-state index in [1.807, 2.05) is 18.2 Å². The van der Waals surface area contributed by atoms with Crippen molar-refractivity contribution in [3.8, 4) is 5.69 Å². The molecule has 1 aromatic heterocycles. The van der Waals surface area contributed by atoms with Gasteiger partial charge in [0.15, 0.2) is 0 Å². The van der Waals surface area contributed by atoms with Crippen LogP contribution in [0.2, 0.25) is 0 Å². The molecule has 10 unspecified atom stereocenters. The van der Waals surface area contributed by atoms with Crippen LogP contribution >= 0.6 is 0 Å². The van der Waals surface area contributed by atoms with Gasteiger partial charge in [-0.2, -0.15) is 0 Å². The summed E-state index contributed by atoms with van der Waals surface area (Å²) in [5.74, 6) is 1.17. The van der Waals surface area contributed by atoms with Crippen molar-refractivity contribution in [2.75, 3.05) is 0 Å². The molecule has 0 radical (unpaired) electrons. The number of rotatable bonds is 1. The second kappa shape index (κ2) is 3.86. The van der Waals surface area contributed by atoms with Gasteiger partial charge in [0.1, 0.15) is 11.6 Å². The van der Waals surface area contributed by atoms with Crippen LogP contribution in [0.1, 0.15) is 18.5 Å². The van der Waals surface area contributed by atoms with Gasteiger partial charge in [0.2, 0.25) is 0 Å². The molecule has 2 aromatic rings. The van der Waals surface area contributed by atoms with Crippen LogP contribution in [0.25, 0.3) is 5.69 Å². The maximum atomic E-state index is 13.9. The number of carbonyl (C=O) groups is 2. The van der Waals surface area contributed by atoms with Gasteiger partial charge in [-0.05, 0) is 42.2 Å². The Hall–Kier alpha value is -2.96. The fourth-order valence-electron chi connectivity index (χ4n) is 10.1. The number of ketones is 2. The Morgan fingerprint density at radius 1 is 0.733 bits per heavy atom. The molecule has 4 bridgehead atoms. The summed E-state index contributed by atoms with van der Waals surface area (Å²) < 4.78 is 4.22. The van der Waals surface area contributed by atoms with Gasteiger partial charge < -0.3 is 0 Å². The van der Waals surface area contributed by atoms with Gasteiger partial charge in [-0.15, -0.1) is 0 Å². The van der Waals surface area contributed by atoms with Gasteiger partial charge in [-0.1, -0.05) is 30.4 Å². The van der Waals surface area contributed by atoms with Crippen LogP contribution in [-0.4, -0.2) is 25.5 Å². The number of allylic oxidation sites excluding steroid dienone is 2. The first kappa shape index (κ1) is 14.9. The SMILES string of the molecule is O=C1C2C3CC4C2C(=O)C25C4C3C12C1C=CC5n2c(=O)n(-c3ccccc3)c(=O)n21. The smallest absolute Gasteiger partial charge is 0.299 e. The van der Waals surface area contributed by atoms with E-state index in [-0.39, 0.29) is 35.2 Å². The third-order valence-corrected chi connectivity index (χ3v) is 10.3. The third kappa shape index (κ3) is 0.956. The molecular weight excluding hydrogens is 382 g/mol. The summed E-state index contributed by atoms with van der Waals surface area (Å²) >= 11 is 0. The minimum absolute atomic E-state index is 0.140. The van der Waals surface area contributed by atoms with Gasteiger partial charge in [0, 0.05) is 11.8 Å². The van der Waals surface area contributed by atoms with Gasteiger partial charge in [0.25, 0.3) is 0 Å². The maximum absolute atomic E-state index is 13.9. The predicted molar refractivity (Wildman–Crippen MR) is 102 cm³/mol. The number of fused-ring (bicyclic) bond motifs is 1. The molecule has 10 atom stereocenters. The lowest BCUT2D eigenvalue weighted by molar-refractivity contribution is -0.231. The lowest BCUT2D eigenvalue weighted by Gasteiger charge is -2.70. The molecule has 2 aliphatic heterocycles. The molecule has 30 heavy (non-hydrogen) atoms. The first-order valence-electron chi connectivity index (χ1n) is 10.9. The Morgan fingerprint density at radius 3 is 1.73 bits per heavy atom. The fourth-order valence-corrected chi connectivity index (χ4v) is 10.1. The van der Waals surface area contributed by atoms with E-state index in [0.717, 1.165) is 6.42 Å². The van der Waals surface area contributed by atoms with Crippen molar-refractivity contribution in [2.45, 2.75) is 18.5 Å². The first-order chi connectivity index (χ1) is 14.6. The second-order valence-electron chi connectivity index (χ2n) is 10.3. The number of para-hydroxylation sites is 1. The highest BCUT2D eigenvalue weighted by Crippen LogP contribution is 2.94. The molecule has 1 aromatic carbocycles. The van der Waals surface area contributed by atoms with Crippen LogP contribution in [0.3, 0.4) is 0 Å². The summed E-state index contributed by atoms with van der Waals surface area (Å²) in [6.07, 6.45) is 4.86. The number of nitrogens with zero attached hydrogens (tertiary/aromatic N) is 3. The zero-order valence-corrected chi connectivity index (χ0v) is 15.8. The molecule has 0 amide bonds. The number of Topliss-reactive ketones (excluding diaryl/α,β-unsaturated/α-hetero) is 2. The highest BCUT2D eigenvalue weighted by molar-refractivity contribution is 6.13. The monoisotopic (exact) mass is 399 g/mol. The largest absolute Gasteiger partial charge is 0.352 e. The molecule has 7 nitrogen and oxygen atoms in total. The van der Waals surface area contributed by atoms with E-state index >= 15 is 0 Å². The Labute approximate surface area is 169 Å². The topological polar surface area (TPSA) is 83.1 Å². The zero-order chi connectivity index (χ0) is 19.9. The fraction of sp³-hybridized carbons (Fsp3) is 0.478. The van der Waals surface area contributed by atoms with Crippen LogP contribution in [0.4, 0.5) is 0 Å². The summed E-state index contributed by atoms with van der Waals surface area (Å²) in [5.41, 5.74) is -1.92. The number of hydrogen-bond acceptors (Lipinski definition) is 4. The first-order valence-corrected chi connectivity index (χ1v) is 10.9. The lowest BCUT2D eigenvalue weighted by Crippen LogP contribution is -2.78. The van der Waals surface area contributed by atoms with Crippen LogP contribution in [-0.2, 0) is 9.59 Å².